The number of fused-ring (bicyclic) bond motifs is 3. The van der Waals surface area contributed by atoms with Crippen LogP contribution in [0.1, 0.15) is 35.1 Å². The third-order valence-corrected chi connectivity index (χ3v) is 7.24. The van der Waals surface area contributed by atoms with Gasteiger partial charge in [0, 0.05) is 27.3 Å². The van der Waals surface area contributed by atoms with Crippen LogP contribution in [0.5, 0.6) is 0 Å². The maximum absolute atomic E-state index is 6.54. The van der Waals surface area contributed by atoms with Gasteiger partial charge in [0.1, 0.15) is 0 Å². The number of anilines is 1. The van der Waals surface area contributed by atoms with Gasteiger partial charge in [-0.25, -0.2) is 0 Å². The molecular formula is C25H22ClNS. The molecule has 3 aromatic carbocycles. The molecule has 0 unspecified atom stereocenters. The number of thioether (sulfide) groups is 1. The van der Waals surface area contributed by atoms with E-state index in [9.17, 15) is 0 Å². The highest BCUT2D eigenvalue weighted by Crippen LogP contribution is 2.51. The molecule has 140 valence electrons. The fraction of sp³-hybridized carbons (Fsp3) is 0.200. The third kappa shape index (κ3) is 3.36. The Morgan fingerprint density at radius 1 is 0.929 bits per heavy atom. The van der Waals surface area contributed by atoms with Crippen LogP contribution in [-0.4, -0.2) is 0 Å². The van der Waals surface area contributed by atoms with Crippen LogP contribution >= 0.6 is 23.4 Å². The Balaban J connectivity index is 1.43. The smallest absolute Gasteiger partial charge is 0.0568 e. The van der Waals surface area contributed by atoms with Crippen molar-refractivity contribution in [1.29, 1.82) is 0 Å². The normalized spacial score (nSPS) is 22.4. The number of allylic oxidation sites excluding steroid dienone is 2. The van der Waals surface area contributed by atoms with Crippen LogP contribution in [0, 0.1) is 5.92 Å². The van der Waals surface area contributed by atoms with Gasteiger partial charge in [-0.3, -0.25) is 0 Å². The summed E-state index contributed by atoms with van der Waals surface area (Å²) in [5.41, 5.74) is 5.25. The van der Waals surface area contributed by atoms with Crippen molar-refractivity contribution >= 4 is 29.1 Å². The molecule has 1 aliphatic carbocycles. The summed E-state index contributed by atoms with van der Waals surface area (Å²) in [5, 5.41) is 4.65. The van der Waals surface area contributed by atoms with Gasteiger partial charge >= 0.3 is 0 Å². The van der Waals surface area contributed by atoms with Crippen molar-refractivity contribution in [2.24, 2.45) is 5.92 Å². The van der Waals surface area contributed by atoms with E-state index in [2.05, 4.69) is 78.1 Å². The number of rotatable bonds is 4. The van der Waals surface area contributed by atoms with Crippen molar-refractivity contribution in [3.05, 3.63) is 107 Å². The first kappa shape index (κ1) is 17.9. The lowest BCUT2D eigenvalue weighted by atomic mass is 9.76. The SMILES string of the molecule is Clc1ccccc1[C@@H]1Nc2ccc(CSc3ccccc3)cc2[C@@H]2C=CC[C@@H]21. The van der Waals surface area contributed by atoms with Crippen LogP contribution in [0.2, 0.25) is 5.02 Å². The number of halogens is 1. The van der Waals surface area contributed by atoms with Crippen LogP contribution in [0.15, 0.2) is 89.8 Å². The van der Waals surface area contributed by atoms with E-state index >= 15 is 0 Å². The Labute approximate surface area is 175 Å². The van der Waals surface area contributed by atoms with Gasteiger partial charge < -0.3 is 5.32 Å². The Hall–Kier alpha value is -2.16. The molecule has 0 amide bonds. The fourth-order valence-corrected chi connectivity index (χ4v) is 5.57. The molecule has 1 N–H and O–H groups in total. The molecule has 0 aromatic heterocycles. The summed E-state index contributed by atoms with van der Waals surface area (Å²) in [6.45, 7) is 0. The zero-order valence-electron chi connectivity index (χ0n) is 15.5. The van der Waals surface area contributed by atoms with E-state index in [1.165, 1.54) is 27.3 Å². The molecule has 3 heteroatoms. The molecule has 1 nitrogen and oxygen atoms in total. The summed E-state index contributed by atoms with van der Waals surface area (Å²) in [5.74, 6) is 1.97. The van der Waals surface area contributed by atoms with Gasteiger partial charge in [-0.15, -0.1) is 11.8 Å². The van der Waals surface area contributed by atoms with E-state index < -0.39 is 0 Å². The molecule has 3 atom stereocenters. The second kappa shape index (κ2) is 7.69. The molecule has 0 fully saturated rings. The lowest BCUT2D eigenvalue weighted by Crippen LogP contribution is -2.29. The van der Waals surface area contributed by atoms with Crippen molar-refractivity contribution in [3.8, 4) is 0 Å². The predicted molar refractivity (Wildman–Crippen MR) is 120 cm³/mol. The minimum atomic E-state index is 0.255. The summed E-state index contributed by atoms with van der Waals surface area (Å²) in [6, 6.07) is 26.0. The number of benzene rings is 3. The quantitative estimate of drug-likeness (QED) is 0.358. The number of nitrogens with one attached hydrogen (secondary N) is 1. The molecule has 1 heterocycles. The summed E-state index contributed by atoms with van der Waals surface area (Å²) in [4.78, 5) is 1.32. The molecule has 0 saturated heterocycles. The second-order valence-corrected chi connectivity index (χ2v) is 8.98. The maximum atomic E-state index is 6.54. The fourth-order valence-electron chi connectivity index (χ4n) is 4.45. The van der Waals surface area contributed by atoms with Gasteiger partial charge in [0.05, 0.1) is 6.04 Å². The lowest BCUT2D eigenvalue weighted by molar-refractivity contribution is 0.425. The van der Waals surface area contributed by atoms with Crippen LogP contribution in [-0.2, 0) is 5.75 Å². The zero-order chi connectivity index (χ0) is 18.9. The molecule has 28 heavy (non-hydrogen) atoms. The third-order valence-electron chi connectivity index (χ3n) is 5.82. The second-order valence-electron chi connectivity index (χ2n) is 7.52. The van der Waals surface area contributed by atoms with Gasteiger partial charge in [0.15, 0.2) is 0 Å². The lowest BCUT2D eigenvalue weighted by Gasteiger charge is -2.38. The standard InChI is InChI=1S/C25H22ClNS/c26-23-12-5-4-9-21(23)25-20-11-6-10-19(20)22-15-17(13-14-24(22)27-25)16-28-18-7-2-1-3-8-18/h1-10,12-15,19-20,25,27H,11,16H2/t19-,20+,25-/m1/s1. The maximum Gasteiger partial charge on any atom is 0.0568 e. The molecule has 1 aliphatic heterocycles. The zero-order valence-corrected chi connectivity index (χ0v) is 17.1. The van der Waals surface area contributed by atoms with Gasteiger partial charge in [0.2, 0.25) is 0 Å². The summed E-state index contributed by atoms with van der Waals surface area (Å²) >= 11 is 8.43. The van der Waals surface area contributed by atoms with Crippen molar-refractivity contribution < 1.29 is 0 Å². The van der Waals surface area contributed by atoms with Crippen molar-refractivity contribution in [2.45, 2.75) is 29.0 Å². The first-order valence-corrected chi connectivity index (χ1v) is 11.1. The highest BCUT2D eigenvalue weighted by Gasteiger charge is 2.38. The van der Waals surface area contributed by atoms with Crippen LogP contribution < -0.4 is 5.32 Å². The Morgan fingerprint density at radius 2 is 1.75 bits per heavy atom. The van der Waals surface area contributed by atoms with Gasteiger partial charge in [0.25, 0.3) is 0 Å². The minimum absolute atomic E-state index is 0.255. The van der Waals surface area contributed by atoms with Crippen molar-refractivity contribution in [1.82, 2.24) is 0 Å². The topological polar surface area (TPSA) is 12.0 Å². The predicted octanol–water partition coefficient (Wildman–Crippen LogP) is 7.46. The van der Waals surface area contributed by atoms with Crippen LogP contribution in [0.25, 0.3) is 0 Å². The highest BCUT2D eigenvalue weighted by atomic mass is 35.5. The van der Waals surface area contributed by atoms with Gasteiger partial charge in [-0.05, 0) is 53.3 Å². The summed E-state index contributed by atoms with van der Waals surface area (Å²) < 4.78 is 0. The Morgan fingerprint density at radius 3 is 2.61 bits per heavy atom. The van der Waals surface area contributed by atoms with E-state index in [0.717, 1.165) is 17.2 Å². The van der Waals surface area contributed by atoms with E-state index in [1.54, 1.807) is 0 Å². The summed E-state index contributed by atoms with van der Waals surface area (Å²) in [6.07, 6.45) is 5.82. The monoisotopic (exact) mass is 403 g/mol. The molecule has 0 spiro atoms. The molecular weight excluding hydrogens is 382 g/mol. The van der Waals surface area contributed by atoms with Crippen molar-refractivity contribution in [3.63, 3.8) is 0 Å². The molecule has 2 aliphatic rings. The van der Waals surface area contributed by atoms with Crippen LogP contribution in [0.4, 0.5) is 5.69 Å². The molecule has 5 rings (SSSR count). The molecule has 0 radical (unpaired) electrons. The number of hydrogen-bond donors (Lipinski definition) is 1. The average molecular weight is 404 g/mol. The first-order valence-electron chi connectivity index (χ1n) is 9.78. The average Bonchev–Trinajstić information content (AvgIpc) is 3.23. The van der Waals surface area contributed by atoms with E-state index in [4.69, 9.17) is 11.6 Å². The van der Waals surface area contributed by atoms with E-state index in [1.807, 2.05) is 23.9 Å². The van der Waals surface area contributed by atoms with E-state index in [0.29, 0.717) is 11.8 Å². The summed E-state index contributed by atoms with van der Waals surface area (Å²) in [7, 11) is 0. The molecule has 0 bridgehead atoms. The van der Waals surface area contributed by atoms with Gasteiger partial charge in [-0.1, -0.05) is 72.3 Å². The largest absolute Gasteiger partial charge is 0.378 e. The van der Waals surface area contributed by atoms with Crippen LogP contribution in [0.3, 0.4) is 0 Å². The Kier molecular flexibility index (Phi) is 4.92. The van der Waals surface area contributed by atoms with Gasteiger partial charge in [-0.2, -0.15) is 0 Å². The first-order chi connectivity index (χ1) is 13.8. The molecule has 0 saturated carbocycles. The Bertz CT molecular complexity index is 1010. The minimum Gasteiger partial charge on any atom is -0.378 e. The van der Waals surface area contributed by atoms with E-state index in [-0.39, 0.29) is 6.04 Å². The number of hydrogen-bond acceptors (Lipinski definition) is 2. The molecule has 3 aromatic rings. The van der Waals surface area contributed by atoms with Crippen molar-refractivity contribution in [2.75, 3.05) is 5.32 Å². The highest BCUT2D eigenvalue weighted by molar-refractivity contribution is 7.98.